The first-order valence-corrected chi connectivity index (χ1v) is 5.71. The van der Waals surface area contributed by atoms with Crippen molar-refractivity contribution in [3.05, 3.63) is 29.8 Å². The molecule has 0 bridgehead atoms. The zero-order valence-electron chi connectivity index (χ0n) is 9.86. The van der Waals surface area contributed by atoms with Crippen LogP contribution in [-0.4, -0.2) is 30.9 Å². The summed E-state index contributed by atoms with van der Waals surface area (Å²) in [7, 11) is 2.06. The maximum Gasteiger partial charge on any atom is 0.228 e. The van der Waals surface area contributed by atoms with Gasteiger partial charge in [-0.15, -0.1) is 0 Å². The van der Waals surface area contributed by atoms with Crippen molar-refractivity contribution in [2.75, 3.05) is 25.5 Å². The van der Waals surface area contributed by atoms with Gasteiger partial charge in [0.05, 0.1) is 5.92 Å². The number of rotatable bonds is 2. The van der Waals surface area contributed by atoms with Gasteiger partial charge in [0.1, 0.15) is 0 Å². The van der Waals surface area contributed by atoms with E-state index in [2.05, 4.69) is 17.3 Å². The Labute approximate surface area is 96.5 Å². The van der Waals surface area contributed by atoms with Crippen molar-refractivity contribution in [1.29, 1.82) is 0 Å². The van der Waals surface area contributed by atoms with E-state index >= 15 is 0 Å². The van der Waals surface area contributed by atoms with Crippen molar-refractivity contribution < 1.29 is 4.79 Å². The zero-order valence-corrected chi connectivity index (χ0v) is 9.86. The lowest BCUT2D eigenvalue weighted by Gasteiger charge is -2.11. The first kappa shape index (κ1) is 11.1. The number of aryl methyl sites for hydroxylation is 1. The van der Waals surface area contributed by atoms with Crippen LogP contribution in [0.15, 0.2) is 24.3 Å². The van der Waals surface area contributed by atoms with Gasteiger partial charge in [-0.2, -0.15) is 0 Å². The quantitative estimate of drug-likeness (QED) is 0.822. The van der Waals surface area contributed by atoms with Gasteiger partial charge in [-0.3, -0.25) is 4.79 Å². The van der Waals surface area contributed by atoms with Gasteiger partial charge in [-0.05, 0) is 44.6 Å². The number of carbonyl (C=O) groups excluding carboxylic acids is 1. The molecule has 1 aromatic carbocycles. The summed E-state index contributed by atoms with van der Waals surface area (Å²) in [5.41, 5.74) is 2.07. The third-order valence-corrected chi connectivity index (χ3v) is 3.05. The molecule has 1 N–H and O–H groups in total. The molecule has 0 aromatic heterocycles. The zero-order chi connectivity index (χ0) is 11.5. The average molecular weight is 218 g/mol. The lowest BCUT2D eigenvalue weighted by atomic mass is 10.1. The second-order valence-electron chi connectivity index (χ2n) is 4.61. The molecule has 1 atom stereocenters. The van der Waals surface area contributed by atoms with E-state index in [1.54, 1.807) is 0 Å². The summed E-state index contributed by atoms with van der Waals surface area (Å²) in [4.78, 5) is 14.1. The minimum Gasteiger partial charge on any atom is -0.326 e. The predicted molar refractivity (Wildman–Crippen MR) is 65.4 cm³/mol. The van der Waals surface area contributed by atoms with Crippen molar-refractivity contribution in [1.82, 2.24) is 4.90 Å². The van der Waals surface area contributed by atoms with E-state index in [0.29, 0.717) is 0 Å². The summed E-state index contributed by atoms with van der Waals surface area (Å²) < 4.78 is 0. The molecule has 86 valence electrons. The van der Waals surface area contributed by atoms with Crippen molar-refractivity contribution in [3.8, 4) is 0 Å². The van der Waals surface area contributed by atoms with E-state index in [4.69, 9.17) is 0 Å². The SMILES string of the molecule is Cc1cccc(NC(=O)C2CCN(C)C2)c1. The largest absolute Gasteiger partial charge is 0.326 e. The van der Waals surface area contributed by atoms with Gasteiger partial charge in [-0.1, -0.05) is 12.1 Å². The highest BCUT2D eigenvalue weighted by atomic mass is 16.1. The molecule has 1 amide bonds. The molecule has 1 aromatic rings. The molecule has 1 aliphatic rings. The molecule has 3 nitrogen and oxygen atoms in total. The first-order chi connectivity index (χ1) is 7.65. The number of likely N-dealkylation sites (tertiary alicyclic amines) is 1. The highest BCUT2D eigenvalue weighted by molar-refractivity contribution is 5.92. The first-order valence-electron chi connectivity index (χ1n) is 5.71. The minimum atomic E-state index is 0.144. The highest BCUT2D eigenvalue weighted by Crippen LogP contribution is 2.17. The van der Waals surface area contributed by atoms with Crippen LogP contribution in [-0.2, 0) is 4.79 Å². The molecular weight excluding hydrogens is 200 g/mol. The Morgan fingerprint density at radius 1 is 1.50 bits per heavy atom. The van der Waals surface area contributed by atoms with Crippen molar-refractivity contribution >= 4 is 11.6 Å². The standard InChI is InChI=1S/C13H18N2O/c1-10-4-3-5-12(8-10)14-13(16)11-6-7-15(2)9-11/h3-5,8,11H,6-7,9H2,1-2H3,(H,14,16). The van der Waals surface area contributed by atoms with Crippen LogP contribution >= 0.6 is 0 Å². The third kappa shape index (κ3) is 2.61. The number of nitrogens with zero attached hydrogens (tertiary/aromatic N) is 1. The lowest BCUT2D eigenvalue weighted by molar-refractivity contribution is -0.119. The molecule has 1 unspecified atom stereocenters. The van der Waals surface area contributed by atoms with Gasteiger partial charge in [0, 0.05) is 12.2 Å². The fourth-order valence-corrected chi connectivity index (χ4v) is 2.12. The summed E-state index contributed by atoms with van der Waals surface area (Å²) in [5.74, 6) is 0.292. The van der Waals surface area contributed by atoms with E-state index < -0.39 is 0 Å². The smallest absolute Gasteiger partial charge is 0.228 e. The molecule has 1 aliphatic heterocycles. The van der Waals surface area contributed by atoms with E-state index in [1.807, 2.05) is 31.2 Å². The average Bonchev–Trinajstić information content (AvgIpc) is 2.65. The van der Waals surface area contributed by atoms with E-state index in [-0.39, 0.29) is 11.8 Å². The van der Waals surface area contributed by atoms with Crippen LogP contribution in [0.25, 0.3) is 0 Å². The molecule has 0 aliphatic carbocycles. The summed E-state index contributed by atoms with van der Waals surface area (Å²) in [5, 5.41) is 2.98. The van der Waals surface area contributed by atoms with Crippen LogP contribution < -0.4 is 5.32 Å². The van der Waals surface area contributed by atoms with Crippen LogP contribution in [0, 0.1) is 12.8 Å². The van der Waals surface area contributed by atoms with Gasteiger partial charge < -0.3 is 10.2 Å². The van der Waals surface area contributed by atoms with E-state index in [9.17, 15) is 4.79 Å². The Morgan fingerprint density at radius 2 is 2.31 bits per heavy atom. The third-order valence-electron chi connectivity index (χ3n) is 3.05. The maximum atomic E-state index is 11.9. The normalized spacial score (nSPS) is 21.0. The van der Waals surface area contributed by atoms with Gasteiger partial charge in [-0.25, -0.2) is 0 Å². The minimum absolute atomic E-state index is 0.144. The monoisotopic (exact) mass is 218 g/mol. The van der Waals surface area contributed by atoms with Crippen molar-refractivity contribution in [2.45, 2.75) is 13.3 Å². The number of benzene rings is 1. The number of hydrogen-bond donors (Lipinski definition) is 1. The molecule has 16 heavy (non-hydrogen) atoms. The number of hydrogen-bond acceptors (Lipinski definition) is 2. The molecule has 3 heteroatoms. The van der Waals surface area contributed by atoms with Crippen LogP contribution in [0.5, 0.6) is 0 Å². The molecule has 1 fully saturated rings. The van der Waals surface area contributed by atoms with E-state index in [0.717, 1.165) is 25.2 Å². The Bertz CT molecular complexity index is 389. The lowest BCUT2D eigenvalue weighted by Crippen LogP contribution is -2.25. The molecule has 2 rings (SSSR count). The van der Waals surface area contributed by atoms with Crippen LogP contribution in [0.3, 0.4) is 0 Å². The fraction of sp³-hybridized carbons (Fsp3) is 0.462. The van der Waals surface area contributed by atoms with Crippen molar-refractivity contribution in [2.24, 2.45) is 5.92 Å². The molecule has 0 saturated carbocycles. The summed E-state index contributed by atoms with van der Waals surface area (Å²) in [6, 6.07) is 7.92. The van der Waals surface area contributed by atoms with E-state index in [1.165, 1.54) is 5.56 Å². The molecule has 0 radical (unpaired) electrons. The van der Waals surface area contributed by atoms with Gasteiger partial charge >= 0.3 is 0 Å². The molecule has 1 saturated heterocycles. The Balaban J connectivity index is 1.97. The molecule has 0 spiro atoms. The topological polar surface area (TPSA) is 32.3 Å². The van der Waals surface area contributed by atoms with Crippen LogP contribution in [0.2, 0.25) is 0 Å². The van der Waals surface area contributed by atoms with Gasteiger partial charge in [0.15, 0.2) is 0 Å². The van der Waals surface area contributed by atoms with Crippen LogP contribution in [0.4, 0.5) is 5.69 Å². The molecule has 1 heterocycles. The summed E-state index contributed by atoms with van der Waals surface area (Å²) in [6.45, 7) is 3.92. The number of anilines is 1. The number of carbonyl (C=O) groups is 1. The van der Waals surface area contributed by atoms with Crippen molar-refractivity contribution in [3.63, 3.8) is 0 Å². The number of nitrogens with one attached hydrogen (secondary N) is 1. The molecular formula is C13H18N2O. The van der Waals surface area contributed by atoms with Gasteiger partial charge in [0.2, 0.25) is 5.91 Å². The van der Waals surface area contributed by atoms with Gasteiger partial charge in [0.25, 0.3) is 0 Å². The second-order valence-corrected chi connectivity index (χ2v) is 4.61. The maximum absolute atomic E-state index is 11.9. The fourth-order valence-electron chi connectivity index (χ4n) is 2.12. The summed E-state index contributed by atoms with van der Waals surface area (Å²) in [6.07, 6.45) is 0.966. The predicted octanol–water partition coefficient (Wildman–Crippen LogP) is 1.89. The Hall–Kier alpha value is -1.35. The highest BCUT2D eigenvalue weighted by Gasteiger charge is 2.25. The summed E-state index contributed by atoms with van der Waals surface area (Å²) >= 11 is 0. The number of amides is 1. The Morgan fingerprint density at radius 3 is 2.94 bits per heavy atom. The van der Waals surface area contributed by atoms with Crippen LogP contribution in [0.1, 0.15) is 12.0 Å². The Kier molecular flexibility index (Phi) is 3.25. The second kappa shape index (κ2) is 4.66.